The number of halogens is 2. The summed E-state index contributed by atoms with van der Waals surface area (Å²) >= 11 is 10.9. The van der Waals surface area contributed by atoms with Crippen molar-refractivity contribution in [3.8, 4) is 0 Å². The Hall–Kier alpha value is -0.340. The summed E-state index contributed by atoms with van der Waals surface area (Å²) in [7, 11) is 0. The Morgan fingerprint density at radius 2 is 1.90 bits per heavy atom. The Labute approximate surface area is 70.5 Å². The van der Waals surface area contributed by atoms with Crippen molar-refractivity contribution in [2.24, 2.45) is 11.5 Å². The molecule has 0 aromatic rings. The van der Waals surface area contributed by atoms with Crippen molar-refractivity contribution in [3.63, 3.8) is 0 Å². The van der Waals surface area contributed by atoms with Crippen molar-refractivity contribution < 1.29 is 0 Å². The van der Waals surface area contributed by atoms with E-state index in [0.717, 1.165) is 12.0 Å². The van der Waals surface area contributed by atoms with Gasteiger partial charge >= 0.3 is 0 Å². The first-order valence-electron chi connectivity index (χ1n) is 2.84. The molecule has 4 N–H and O–H groups in total. The second-order valence-electron chi connectivity index (χ2n) is 1.76. The fraction of sp³-hybridized carbons (Fsp3) is 0.333. The number of nitrogens with two attached hydrogens (primary N) is 2. The lowest BCUT2D eigenvalue weighted by molar-refractivity contribution is 1.12. The van der Waals surface area contributed by atoms with Gasteiger partial charge in [0.2, 0.25) is 0 Å². The zero-order valence-electron chi connectivity index (χ0n) is 5.70. The summed E-state index contributed by atoms with van der Waals surface area (Å²) in [6.07, 6.45) is 2.27. The topological polar surface area (TPSA) is 52.0 Å². The minimum Gasteiger partial charge on any atom is -0.389 e. The minimum absolute atomic E-state index is 0.195. The molecular weight excluding hydrogens is 171 g/mol. The molecule has 10 heavy (non-hydrogen) atoms. The fourth-order valence-electron chi connectivity index (χ4n) is 0.506. The van der Waals surface area contributed by atoms with Gasteiger partial charge in [0, 0.05) is 0 Å². The van der Waals surface area contributed by atoms with Gasteiger partial charge in [-0.2, -0.15) is 0 Å². The summed E-state index contributed by atoms with van der Waals surface area (Å²) in [6, 6.07) is 0. The third kappa shape index (κ3) is 3.64. The highest BCUT2D eigenvalue weighted by Gasteiger charge is 1.94. The monoisotopic (exact) mass is 180 g/mol. The number of hydrogen-bond donors (Lipinski definition) is 2. The van der Waals surface area contributed by atoms with Crippen LogP contribution >= 0.6 is 23.2 Å². The van der Waals surface area contributed by atoms with Gasteiger partial charge in [0.25, 0.3) is 0 Å². The first kappa shape index (κ1) is 9.66. The van der Waals surface area contributed by atoms with E-state index in [0.29, 0.717) is 0 Å². The van der Waals surface area contributed by atoms with Gasteiger partial charge < -0.3 is 11.5 Å². The van der Waals surface area contributed by atoms with Crippen LogP contribution in [0.5, 0.6) is 0 Å². The van der Waals surface area contributed by atoms with Crippen molar-refractivity contribution in [2.75, 3.05) is 0 Å². The van der Waals surface area contributed by atoms with Crippen LogP contribution in [0.2, 0.25) is 0 Å². The number of rotatable bonds is 2. The average Bonchev–Trinajstić information content (AvgIpc) is 1.81. The lowest BCUT2D eigenvalue weighted by atomic mass is 10.2. The summed E-state index contributed by atoms with van der Waals surface area (Å²) in [5, 5.41) is 0.437. The molecule has 4 heteroatoms. The summed E-state index contributed by atoms with van der Waals surface area (Å²) < 4.78 is 0. The van der Waals surface area contributed by atoms with Crippen LogP contribution in [0, 0.1) is 0 Å². The van der Waals surface area contributed by atoms with E-state index in [-0.39, 0.29) is 10.3 Å². The molecule has 0 radical (unpaired) electrons. The van der Waals surface area contributed by atoms with Crippen molar-refractivity contribution in [2.45, 2.75) is 13.3 Å². The van der Waals surface area contributed by atoms with Gasteiger partial charge in [-0.15, -0.1) is 0 Å². The van der Waals surface area contributed by atoms with E-state index in [1.54, 1.807) is 6.08 Å². The van der Waals surface area contributed by atoms with Crippen LogP contribution in [-0.4, -0.2) is 0 Å². The highest BCUT2D eigenvalue weighted by molar-refractivity contribution is 6.30. The van der Waals surface area contributed by atoms with Gasteiger partial charge in [-0.05, 0) is 18.1 Å². The molecule has 0 heterocycles. The normalized spacial score (nSPS) is 14.9. The van der Waals surface area contributed by atoms with Gasteiger partial charge in [-0.25, -0.2) is 0 Å². The maximum atomic E-state index is 5.49. The molecule has 58 valence electrons. The van der Waals surface area contributed by atoms with Crippen molar-refractivity contribution >= 4 is 23.2 Å². The molecule has 0 saturated carbocycles. The van der Waals surface area contributed by atoms with Crippen molar-refractivity contribution in [1.82, 2.24) is 0 Å². The first-order valence-corrected chi connectivity index (χ1v) is 3.60. The molecule has 0 atom stereocenters. The highest BCUT2D eigenvalue weighted by Crippen LogP contribution is 2.11. The number of hydrogen-bond acceptors (Lipinski definition) is 2. The average molecular weight is 181 g/mol. The van der Waals surface area contributed by atoms with Crippen LogP contribution in [0.4, 0.5) is 0 Å². The van der Waals surface area contributed by atoms with Gasteiger partial charge in [-0.3, -0.25) is 0 Å². The lowest BCUT2D eigenvalue weighted by Crippen LogP contribution is -1.95. The van der Waals surface area contributed by atoms with Crippen LogP contribution in [0.15, 0.2) is 22.0 Å². The minimum atomic E-state index is 0.195. The second-order valence-corrected chi connectivity index (χ2v) is 2.60. The summed E-state index contributed by atoms with van der Waals surface area (Å²) in [4.78, 5) is 0. The molecule has 0 amide bonds. The van der Waals surface area contributed by atoms with E-state index in [1.807, 2.05) is 6.92 Å². The first-order chi connectivity index (χ1) is 4.57. The van der Waals surface area contributed by atoms with Crippen LogP contribution in [0.3, 0.4) is 0 Å². The Morgan fingerprint density at radius 3 is 2.00 bits per heavy atom. The van der Waals surface area contributed by atoms with Gasteiger partial charge in [0.15, 0.2) is 0 Å². The lowest BCUT2D eigenvalue weighted by Gasteiger charge is -1.97. The molecule has 0 spiro atoms. The van der Waals surface area contributed by atoms with E-state index >= 15 is 0 Å². The largest absolute Gasteiger partial charge is 0.389 e. The summed E-state index contributed by atoms with van der Waals surface area (Å²) in [6.45, 7) is 1.92. The molecule has 2 nitrogen and oxygen atoms in total. The van der Waals surface area contributed by atoms with Crippen LogP contribution in [-0.2, 0) is 0 Å². The fourth-order valence-corrected chi connectivity index (χ4v) is 0.826. The Bertz CT molecular complexity index is 165. The van der Waals surface area contributed by atoms with Crippen molar-refractivity contribution in [3.05, 3.63) is 22.0 Å². The van der Waals surface area contributed by atoms with Crippen LogP contribution in [0.25, 0.3) is 0 Å². The Morgan fingerprint density at radius 1 is 1.40 bits per heavy atom. The van der Waals surface area contributed by atoms with Crippen molar-refractivity contribution in [1.29, 1.82) is 0 Å². The van der Waals surface area contributed by atoms with Gasteiger partial charge in [0.1, 0.15) is 5.16 Å². The molecule has 0 aliphatic heterocycles. The van der Waals surface area contributed by atoms with Crippen LogP contribution < -0.4 is 11.5 Å². The standard InChI is InChI=1S/C6H10Cl2N2/c1-2-4(6(8)10)3-5(7)9/h3H,2,9-10H2,1H3/b5-3-,6-4-. The van der Waals surface area contributed by atoms with E-state index in [4.69, 9.17) is 34.7 Å². The zero-order valence-corrected chi connectivity index (χ0v) is 7.21. The SMILES string of the molecule is CCC(/C=C(\N)Cl)=C(/N)Cl. The molecule has 0 saturated heterocycles. The summed E-state index contributed by atoms with van der Waals surface area (Å²) in [5.74, 6) is 0. The maximum absolute atomic E-state index is 5.49. The highest BCUT2D eigenvalue weighted by atomic mass is 35.5. The van der Waals surface area contributed by atoms with Crippen LogP contribution in [0.1, 0.15) is 13.3 Å². The molecule has 0 aliphatic carbocycles. The Balaban J connectivity index is 4.40. The smallest absolute Gasteiger partial charge is 0.102 e. The molecule has 0 unspecified atom stereocenters. The molecular formula is C6H10Cl2N2. The Kier molecular flexibility index (Phi) is 4.32. The molecule has 0 bridgehead atoms. The van der Waals surface area contributed by atoms with E-state index in [1.165, 1.54) is 0 Å². The van der Waals surface area contributed by atoms with E-state index in [2.05, 4.69) is 0 Å². The zero-order chi connectivity index (χ0) is 8.15. The maximum Gasteiger partial charge on any atom is 0.102 e. The number of allylic oxidation sites excluding steroid dienone is 2. The predicted octanol–water partition coefficient (Wildman–Crippen LogP) is 1.84. The van der Waals surface area contributed by atoms with Gasteiger partial charge in [0.05, 0.1) is 5.16 Å². The molecule has 0 rings (SSSR count). The third-order valence-corrected chi connectivity index (χ3v) is 1.35. The quantitative estimate of drug-likeness (QED) is 0.504. The second kappa shape index (κ2) is 4.47. The third-order valence-electron chi connectivity index (χ3n) is 1.000. The van der Waals surface area contributed by atoms with E-state index < -0.39 is 0 Å². The van der Waals surface area contributed by atoms with Gasteiger partial charge in [-0.1, -0.05) is 30.1 Å². The van der Waals surface area contributed by atoms with E-state index in [9.17, 15) is 0 Å². The molecule has 0 aliphatic rings. The molecule has 0 aromatic carbocycles. The molecule has 0 fully saturated rings. The predicted molar refractivity (Wildman–Crippen MR) is 45.5 cm³/mol. The summed E-state index contributed by atoms with van der Waals surface area (Å²) in [5.41, 5.74) is 11.2. The molecule has 0 aromatic heterocycles.